The van der Waals surface area contributed by atoms with Crippen molar-refractivity contribution in [2.24, 2.45) is 0 Å². The van der Waals surface area contributed by atoms with Crippen molar-refractivity contribution in [2.45, 2.75) is 52.1 Å². The molecule has 0 unspecified atom stereocenters. The number of fused-ring (bicyclic) bond motifs is 3. The molecule has 0 atom stereocenters. The highest BCUT2D eigenvalue weighted by Crippen LogP contribution is 2.36. The zero-order valence-corrected chi connectivity index (χ0v) is 15.7. The number of hydrogen-bond donors (Lipinski definition) is 1. The van der Waals surface area contributed by atoms with E-state index in [2.05, 4.69) is 49.0 Å². The molecule has 1 N–H and O–H groups in total. The van der Waals surface area contributed by atoms with Crippen LogP contribution in [-0.2, 0) is 6.54 Å². The number of aryl methyl sites for hydroxylation is 2. The van der Waals surface area contributed by atoms with Crippen molar-refractivity contribution < 1.29 is 0 Å². The van der Waals surface area contributed by atoms with Gasteiger partial charge >= 0.3 is 0 Å². The van der Waals surface area contributed by atoms with Crippen LogP contribution in [0.4, 0.5) is 17.5 Å². The van der Waals surface area contributed by atoms with Crippen molar-refractivity contribution in [2.75, 3.05) is 10.2 Å². The van der Waals surface area contributed by atoms with Gasteiger partial charge in [0.25, 0.3) is 0 Å². The molecule has 7 heteroatoms. The minimum absolute atomic E-state index is 0.510. The molecule has 1 aromatic carbocycles. The SMILES string of the molecule is Cc1cccc(Nc2ncc3c(n2)N(C2CCCC2)Cc2nnc(C)n2-3)c1. The molecule has 7 nitrogen and oxygen atoms in total. The summed E-state index contributed by atoms with van der Waals surface area (Å²) in [6, 6.07) is 8.76. The average Bonchev–Trinajstić information content (AvgIpc) is 3.31. The molecule has 1 saturated carbocycles. The summed E-state index contributed by atoms with van der Waals surface area (Å²) in [6.45, 7) is 4.81. The van der Waals surface area contributed by atoms with Gasteiger partial charge in [-0.2, -0.15) is 4.98 Å². The molecule has 138 valence electrons. The smallest absolute Gasteiger partial charge is 0.229 e. The fourth-order valence-corrected chi connectivity index (χ4v) is 4.21. The van der Waals surface area contributed by atoms with Crippen LogP contribution < -0.4 is 10.2 Å². The first-order valence-electron chi connectivity index (χ1n) is 9.58. The van der Waals surface area contributed by atoms with Gasteiger partial charge in [0.1, 0.15) is 11.5 Å². The monoisotopic (exact) mass is 361 g/mol. The Labute approximate surface area is 158 Å². The molecule has 2 aliphatic rings. The lowest BCUT2D eigenvalue weighted by Gasteiger charge is -2.35. The van der Waals surface area contributed by atoms with Gasteiger partial charge in [-0.3, -0.25) is 4.57 Å². The van der Waals surface area contributed by atoms with Gasteiger partial charge in [0.05, 0.1) is 12.7 Å². The second-order valence-electron chi connectivity index (χ2n) is 7.46. The van der Waals surface area contributed by atoms with E-state index in [0.29, 0.717) is 12.0 Å². The predicted molar refractivity (Wildman–Crippen MR) is 105 cm³/mol. The quantitative estimate of drug-likeness (QED) is 0.767. The first-order chi connectivity index (χ1) is 13.2. The van der Waals surface area contributed by atoms with E-state index >= 15 is 0 Å². The van der Waals surface area contributed by atoms with E-state index in [1.54, 1.807) is 0 Å². The third kappa shape index (κ3) is 2.83. The Morgan fingerprint density at radius 3 is 2.78 bits per heavy atom. The molecule has 0 amide bonds. The Bertz CT molecular complexity index is 988. The first-order valence-corrected chi connectivity index (χ1v) is 9.58. The lowest BCUT2D eigenvalue weighted by atomic mass is 10.1. The number of benzene rings is 1. The second kappa shape index (κ2) is 6.33. The van der Waals surface area contributed by atoms with Crippen molar-refractivity contribution in [1.29, 1.82) is 0 Å². The van der Waals surface area contributed by atoms with Crippen LogP contribution in [0.1, 0.15) is 42.9 Å². The van der Waals surface area contributed by atoms with Gasteiger partial charge < -0.3 is 10.2 Å². The molecule has 0 saturated heterocycles. The Kier molecular flexibility index (Phi) is 3.81. The van der Waals surface area contributed by atoms with Gasteiger partial charge in [-0.25, -0.2) is 4.98 Å². The standard InChI is InChI=1S/C20H23N7/c1-13-6-5-7-15(10-13)22-20-21-11-17-19(23-20)26(16-8-3-4-9-16)12-18-25-24-14(2)27(17)18/h5-7,10-11,16H,3-4,8-9,12H2,1-2H3,(H,21,22,23). The molecule has 0 radical (unpaired) electrons. The third-order valence-corrected chi connectivity index (χ3v) is 5.51. The predicted octanol–water partition coefficient (Wildman–Crippen LogP) is 3.68. The van der Waals surface area contributed by atoms with Crippen molar-refractivity contribution in [3.63, 3.8) is 0 Å². The summed E-state index contributed by atoms with van der Waals surface area (Å²) in [4.78, 5) is 11.9. The Morgan fingerprint density at radius 2 is 1.96 bits per heavy atom. The number of nitrogens with one attached hydrogen (secondary N) is 1. The molecule has 0 spiro atoms. The van der Waals surface area contributed by atoms with Crippen molar-refractivity contribution >= 4 is 17.5 Å². The highest BCUT2D eigenvalue weighted by atomic mass is 15.4. The lowest BCUT2D eigenvalue weighted by molar-refractivity contribution is 0.566. The third-order valence-electron chi connectivity index (χ3n) is 5.51. The fraction of sp³-hybridized carbons (Fsp3) is 0.400. The van der Waals surface area contributed by atoms with Crippen molar-refractivity contribution in [3.05, 3.63) is 47.7 Å². The summed E-state index contributed by atoms with van der Waals surface area (Å²) in [5.74, 6) is 3.44. The van der Waals surface area contributed by atoms with Crippen LogP contribution in [0.2, 0.25) is 0 Å². The number of nitrogens with zero attached hydrogens (tertiary/aromatic N) is 6. The van der Waals surface area contributed by atoms with Crippen LogP contribution in [0.5, 0.6) is 0 Å². The molecule has 1 aliphatic heterocycles. The van der Waals surface area contributed by atoms with Gasteiger partial charge in [-0.05, 0) is 44.4 Å². The van der Waals surface area contributed by atoms with Crippen molar-refractivity contribution in [3.8, 4) is 5.69 Å². The number of hydrogen-bond acceptors (Lipinski definition) is 6. The largest absolute Gasteiger partial charge is 0.344 e. The molecule has 2 aromatic heterocycles. The van der Waals surface area contributed by atoms with Crippen molar-refractivity contribution in [1.82, 2.24) is 24.7 Å². The van der Waals surface area contributed by atoms with E-state index in [4.69, 9.17) is 4.98 Å². The second-order valence-corrected chi connectivity index (χ2v) is 7.46. The van der Waals surface area contributed by atoms with E-state index in [-0.39, 0.29) is 0 Å². The van der Waals surface area contributed by atoms with Gasteiger partial charge in [0.2, 0.25) is 5.95 Å². The fourth-order valence-electron chi connectivity index (χ4n) is 4.21. The summed E-state index contributed by atoms with van der Waals surface area (Å²) in [7, 11) is 0. The average molecular weight is 361 g/mol. The Morgan fingerprint density at radius 1 is 1.11 bits per heavy atom. The van der Waals surface area contributed by atoms with Gasteiger partial charge in [0.15, 0.2) is 11.6 Å². The molecule has 3 aromatic rings. The highest BCUT2D eigenvalue weighted by molar-refractivity contribution is 5.64. The maximum Gasteiger partial charge on any atom is 0.229 e. The summed E-state index contributed by atoms with van der Waals surface area (Å²) in [5, 5.41) is 12.0. The van der Waals surface area contributed by atoms with Crippen LogP contribution in [0.15, 0.2) is 30.5 Å². The summed E-state index contributed by atoms with van der Waals surface area (Å²) >= 11 is 0. The molecular weight excluding hydrogens is 338 g/mol. The highest BCUT2D eigenvalue weighted by Gasteiger charge is 2.33. The molecule has 3 heterocycles. The Balaban J connectivity index is 1.57. The minimum atomic E-state index is 0.510. The molecule has 0 bridgehead atoms. The van der Waals surface area contributed by atoms with Gasteiger partial charge in [0, 0.05) is 11.7 Å². The van der Waals surface area contributed by atoms with Crippen LogP contribution in [0.25, 0.3) is 5.69 Å². The lowest BCUT2D eigenvalue weighted by Crippen LogP contribution is -2.38. The van der Waals surface area contributed by atoms with Gasteiger partial charge in [-0.1, -0.05) is 25.0 Å². The number of aromatic nitrogens is 5. The normalized spacial score (nSPS) is 16.3. The minimum Gasteiger partial charge on any atom is -0.344 e. The molecular formula is C20H23N7. The summed E-state index contributed by atoms with van der Waals surface area (Å²) in [5.41, 5.74) is 3.18. The van der Waals surface area contributed by atoms with E-state index in [9.17, 15) is 0 Å². The van der Waals surface area contributed by atoms with Crippen LogP contribution in [0, 0.1) is 13.8 Å². The number of rotatable bonds is 3. The van der Waals surface area contributed by atoms with Crippen LogP contribution in [0.3, 0.4) is 0 Å². The van der Waals surface area contributed by atoms with Crippen LogP contribution >= 0.6 is 0 Å². The van der Waals surface area contributed by atoms with Crippen LogP contribution in [-0.4, -0.2) is 30.8 Å². The first kappa shape index (κ1) is 16.2. The van der Waals surface area contributed by atoms with E-state index in [1.165, 1.54) is 31.2 Å². The number of anilines is 3. The summed E-state index contributed by atoms with van der Waals surface area (Å²) < 4.78 is 2.08. The topological polar surface area (TPSA) is 71.8 Å². The van der Waals surface area contributed by atoms with Gasteiger partial charge in [-0.15, -0.1) is 10.2 Å². The van der Waals surface area contributed by atoms with E-state index < -0.39 is 0 Å². The molecule has 1 fully saturated rings. The maximum atomic E-state index is 4.91. The Hall–Kier alpha value is -2.96. The maximum absolute atomic E-state index is 4.91. The molecule has 5 rings (SSSR count). The van der Waals surface area contributed by atoms with E-state index in [1.807, 2.05) is 25.3 Å². The molecule has 27 heavy (non-hydrogen) atoms. The zero-order chi connectivity index (χ0) is 18.4. The zero-order valence-electron chi connectivity index (χ0n) is 15.7. The van der Waals surface area contributed by atoms with E-state index in [0.717, 1.165) is 35.4 Å². The summed E-state index contributed by atoms with van der Waals surface area (Å²) in [6.07, 6.45) is 6.86. The molecule has 1 aliphatic carbocycles.